The Morgan fingerprint density at radius 1 is 1.13 bits per heavy atom. The maximum absolute atomic E-state index is 10.8. The zero-order chi connectivity index (χ0) is 10.8. The van der Waals surface area contributed by atoms with Crippen molar-refractivity contribution in [2.45, 2.75) is 13.8 Å². The van der Waals surface area contributed by atoms with Crippen LogP contribution in [0.4, 0.5) is 0 Å². The summed E-state index contributed by atoms with van der Waals surface area (Å²) in [4.78, 5) is 13.9. The highest BCUT2D eigenvalue weighted by Gasteiger charge is 2.11. The number of aryl methyl sites for hydroxylation is 1. The van der Waals surface area contributed by atoms with Crippen LogP contribution in [0.5, 0.6) is 0 Å². The van der Waals surface area contributed by atoms with Crippen LogP contribution in [0, 0.1) is 13.8 Å². The summed E-state index contributed by atoms with van der Waals surface area (Å²) >= 11 is 0. The number of carbonyl (C=O) groups is 1. The summed E-state index contributed by atoms with van der Waals surface area (Å²) in [5, 5.41) is 0. The second-order valence-electron chi connectivity index (χ2n) is 3.65. The molecule has 0 bridgehead atoms. The summed E-state index contributed by atoms with van der Waals surface area (Å²) in [6.07, 6.45) is 0.870. The Hall–Kier alpha value is -1.83. The minimum absolute atomic E-state index is 0.673. The first kappa shape index (κ1) is 9.71. The van der Waals surface area contributed by atoms with Gasteiger partial charge in [-0.2, -0.15) is 0 Å². The number of hydrogen-bond donors (Lipinski definition) is 1. The summed E-state index contributed by atoms with van der Waals surface area (Å²) in [5.74, 6) is 0. The molecular formula is C13H13NO. The van der Waals surface area contributed by atoms with E-state index < -0.39 is 0 Å². The van der Waals surface area contributed by atoms with Crippen LogP contribution in [0.1, 0.15) is 21.7 Å². The fourth-order valence-electron chi connectivity index (χ4n) is 1.93. The van der Waals surface area contributed by atoms with Crippen molar-refractivity contribution >= 4 is 6.29 Å². The van der Waals surface area contributed by atoms with Gasteiger partial charge in [0.1, 0.15) is 0 Å². The first-order valence-electron chi connectivity index (χ1n) is 4.94. The zero-order valence-corrected chi connectivity index (χ0v) is 8.87. The molecule has 1 aromatic carbocycles. The predicted octanol–water partition coefficient (Wildman–Crippen LogP) is 3.11. The minimum atomic E-state index is 0.673. The lowest BCUT2D eigenvalue weighted by Gasteiger charge is -2.01. The third kappa shape index (κ3) is 1.59. The van der Waals surface area contributed by atoms with Crippen molar-refractivity contribution in [2.24, 2.45) is 0 Å². The van der Waals surface area contributed by atoms with Gasteiger partial charge in [0, 0.05) is 11.3 Å². The maximum atomic E-state index is 10.8. The highest BCUT2D eigenvalue weighted by atomic mass is 16.1. The Morgan fingerprint density at radius 2 is 1.80 bits per heavy atom. The van der Waals surface area contributed by atoms with Gasteiger partial charge < -0.3 is 4.98 Å². The molecule has 0 aliphatic heterocycles. The van der Waals surface area contributed by atoms with E-state index in [2.05, 4.69) is 17.1 Å². The smallest absolute Gasteiger partial charge is 0.166 e. The zero-order valence-electron chi connectivity index (χ0n) is 8.87. The second-order valence-corrected chi connectivity index (χ2v) is 3.65. The van der Waals surface area contributed by atoms with Gasteiger partial charge in [-0.25, -0.2) is 0 Å². The summed E-state index contributed by atoms with van der Waals surface area (Å²) in [7, 11) is 0. The third-order valence-corrected chi connectivity index (χ3v) is 2.66. The lowest BCUT2D eigenvalue weighted by Crippen LogP contribution is -1.82. The van der Waals surface area contributed by atoms with Crippen molar-refractivity contribution in [1.82, 2.24) is 4.98 Å². The molecular weight excluding hydrogens is 186 g/mol. The monoisotopic (exact) mass is 199 g/mol. The Morgan fingerprint density at radius 3 is 2.33 bits per heavy atom. The van der Waals surface area contributed by atoms with Crippen molar-refractivity contribution in [3.63, 3.8) is 0 Å². The first-order chi connectivity index (χ1) is 7.24. The van der Waals surface area contributed by atoms with Crippen molar-refractivity contribution < 1.29 is 4.79 Å². The molecule has 2 aromatic rings. The fraction of sp³-hybridized carbons (Fsp3) is 0.154. The number of rotatable bonds is 2. The minimum Gasteiger partial charge on any atom is -0.356 e. The average Bonchev–Trinajstić information content (AvgIpc) is 2.55. The number of aromatic nitrogens is 1. The number of benzene rings is 1. The number of nitrogens with one attached hydrogen (secondary N) is 1. The number of H-pyrrole nitrogens is 1. The predicted molar refractivity (Wildman–Crippen MR) is 61.1 cm³/mol. The highest BCUT2D eigenvalue weighted by Crippen LogP contribution is 2.28. The van der Waals surface area contributed by atoms with E-state index in [0.29, 0.717) is 5.69 Å². The fourth-order valence-corrected chi connectivity index (χ4v) is 1.93. The maximum Gasteiger partial charge on any atom is 0.166 e. The SMILES string of the molecule is Cc1[nH]c(C=O)c(C)c1-c1ccccc1. The van der Waals surface area contributed by atoms with Crippen LogP contribution in [0.2, 0.25) is 0 Å². The highest BCUT2D eigenvalue weighted by molar-refractivity contribution is 5.82. The Balaban J connectivity index is 2.63. The molecule has 0 unspecified atom stereocenters. The molecule has 0 fully saturated rings. The topological polar surface area (TPSA) is 32.9 Å². The molecule has 0 aliphatic rings. The van der Waals surface area contributed by atoms with Crippen molar-refractivity contribution in [3.8, 4) is 11.1 Å². The lowest BCUT2D eigenvalue weighted by molar-refractivity contribution is 0.111. The third-order valence-electron chi connectivity index (χ3n) is 2.66. The van der Waals surface area contributed by atoms with E-state index in [-0.39, 0.29) is 0 Å². The van der Waals surface area contributed by atoms with Gasteiger partial charge in [0.25, 0.3) is 0 Å². The van der Waals surface area contributed by atoms with Gasteiger partial charge in [0.2, 0.25) is 0 Å². The van der Waals surface area contributed by atoms with Gasteiger partial charge in [-0.05, 0) is 25.0 Å². The molecule has 1 N–H and O–H groups in total. The Labute approximate surface area is 89.0 Å². The second kappa shape index (κ2) is 3.73. The van der Waals surface area contributed by atoms with Crippen molar-refractivity contribution in [3.05, 3.63) is 47.3 Å². The lowest BCUT2D eigenvalue weighted by atomic mass is 10.0. The van der Waals surface area contributed by atoms with Gasteiger partial charge in [0.15, 0.2) is 6.29 Å². The van der Waals surface area contributed by atoms with Gasteiger partial charge in [-0.1, -0.05) is 30.3 Å². The van der Waals surface area contributed by atoms with Crippen molar-refractivity contribution in [1.29, 1.82) is 0 Å². The quantitative estimate of drug-likeness (QED) is 0.740. The Kier molecular flexibility index (Phi) is 2.42. The van der Waals surface area contributed by atoms with E-state index >= 15 is 0 Å². The first-order valence-corrected chi connectivity index (χ1v) is 4.94. The van der Waals surface area contributed by atoms with Crippen LogP contribution < -0.4 is 0 Å². The Bertz CT molecular complexity index is 483. The number of aldehydes is 1. The summed E-state index contributed by atoms with van der Waals surface area (Å²) in [6, 6.07) is 10.1. The van der Waals surface area contributed by atoms with Gasteiger partial charge in [-0.3, -0.25) is 4.79 Å². The molecule has 0 spiro atoms. The van der Waals surface area contributed by atoms with Gasteiger partial charge >= 0.3 is 0 Å². The van der Waals surface area contributed by atoms with Crippen molar-refractivity contribution in [2.75, 3.05) is 0 Å². The molecule has 15 heavy (non-hydrogen) atoms. The average molecular weight is 199 g/mol. The van der Waals surface area contributed by atoms with E-state index in [9.17, 15) is 4.79 Å². The molecule has 0 amide bonds. The van der Waals surface area contributed by atoms with E-state index in [1.54, 1.807) is 0 Å². The molecule has 2 rings (SSSR count). The van der Waals surface area contributed by atoms with Crippen LogP contribution in [0.25, 0.3) is 11.1 Å². The summed E-state index contributed by atoms with van der Waals surface area (Å²) in [5.41, 5.74) is 5.02. The summed E-state index contributed by atoms with van der Waals surface area (Å²) < 4.78 is 0. The largest absolute Gasteiger partial charge is 0.356 e. The summed E-state index contributed by atoms with van der Waals surface area (Å²) in [6.45, 7) is 3.96. The standard InChI is InChI=1S/C13H13NO/c1-9-12(8-15)14-10(2)13(9)11-6-4-3-5-7-11/h3-8,14H,1-2H3. The van der Waals surface area contributed by atoms with Crippen LogP contribution in [0.3, 0.4) is 0 Å². The molecule has 76 valence electrons. The molecule has 2 nitrogen and oxygen atoms in total. The van der Waals surface area contributed by atoms with Crippen LogP contribution in [-0.4, -0.2) is 11.3 Å². The molecule has 0 saturated carbocycles. The molecule has 0 saturated heterocycles. The van der Waals surface area contributed by atoms with E-state index in [4.69, 9.17) is 0 Å². The van der Waals surface area contributed by atoms with E-state index in [1.807, 2.05) is 32.0 Å². The molecule has 0 atom stereocenters. The molecule has 1 aromatic heterocycles. The molecule has 2 heteroatoms. The van der Waals surface area contributed by atoms with Crippen LogP contribution >= 0.6 is 0 Å². The van der Waals surface area contributed by atoms with E-state index in [1.165, 1.54) is 0 Å². The van der Waals surface area contributed by atoms with Gasteiger partial charge in [-0.15, -0.1) is 0 Å². The molecule has 1 heterocycles. The number of hydrogen-bond acceptors (Lipinski definition) is 1. The molecule has 0 radical (unpaired) electrons. The van der Waals surface area contributed by atoms with Gasteiger partial charge in [0.05, 0.1) is 5.69 Å². The normalized spacial score (nSPS) is 10.3. The number of aromatic amines is 1. The van der Waals surface area contributed by atoms with Crippen LogP contribution in [0.15, 0.2) is 30.3 Å². The van der Waals surface area contributed by atoms with E-state index in [0.717, 1.165) is 28.7 Å². The van der Waals surface area contributed by atoms with Crippen LogP contribution in [-0.2, 0) is 0 Å². The number of carbonyl (C=O) groups excluding carboxylic acids is 1. The molecule has 0 aliphatic carbocycles.